The molecule has 1 atom stereocenters. The molecule has 1 heterocycles. The van der Waals surface area contributed by atoms with Gasteiger partial charge in [0.05, 0.1) is 11.9 Å². The van der Waals surface area contributed by atoms with Gasteiger partial charge >= 0.3 is 0 Å². The molecule has 1 amide bonds. The highest BCUT2D eigenvalue weighted by Gasteiger charge is 2.20. The maximum atomic E-state index is 12.7. The van der Waals surface area contributed by atoms with Crippen LogP contribution in [0.2, 0.25) is 0 Å². The molecule has 0 radical (unpaired) electrons. The SMILES string of the molecule is O=C(Cc1ccccc1)NC(c1ccccc1)n1nnc2ccccc21. The van der Waals surface area contributed by atoms with Gasteiger partial charge in [-0.3, -0.25) is 4.79 Å². The van der Waals surface area contributed by atoms with Gasteiger partial charge < -0.3 is 5.32 Å². The van der Waals surface area contributed by atoms with Crippen LogP contribution in [0.4, 0.5) is 0 Å². The molecule has 1 unspecified atom stereocenters. The predicted molar refractivity (Wildman–Crippen MR) is 100 cm³/mol. The van der Waals surface area contributed by atoms with E-state index in [9.17, 15) is 4.79 Å². The third-order valence-electron chi connectivity index (χ3n) is 4.24. The number of hydrogen-bond acceptors (Lipinski definition) is 3. The lowest BCUT2D eigenvalue weighted by atomic mass is 10.1. The van der Waals surface area contributed by atoms with Gasteiger partial charge in [0.1, 0.15) is 5.52 Å². The summed E-state index contributed by atoms with van der Waals surface area (Å²) >= 11 is 0. The number of nitrogens with zero attached hydrogens (tertiary/aromatic N) is 3. The molecule has 0 spiro atoms. The number of para-hydroxylation sites is 1. The van der Waals surface area contributed by atoms with Crippen molar-refractivity contribution < 1.29 is 4.79 Å². The van der Waals surface area contributed by atoms with E-state index in [-0.39, 0.29) is 5.91 Å². The average molecular weight is 342 g/mol. The number of nitrogens with one attached hydrogen (secondary N) is 1. The van der Waals surface area contributed by atoms with Crippen molar-refractivity contribution in [2.75, 3.05) is 0 Å². The second-order valence-electron chi connectivity index (χ2n) is 6.07. The van der Waals surface area contributed by atoms with Crippen molar-refractivity contribution in [3.8, 4) is 0 Å². The quantitative estimate of drug-likeness (QED) is 0.605. The molecule has 0 aliphatic heterocycles. The van der Waals surface area contributed by atoms with E-state index >= 15 is 0 Å². The van der Waals surface area contributed by atoms with Crippen LogP contribution in [-0.2, 0) is 11.2 Å². The van der Waals surface area contributed by atoms with Gasteiger partial charge in [0, 0.05) is 0 Å². The van der Waals surface area contributed by atoms with Gasteiger partial charge in [0.15, 0.2) is 6.17 Å². The fourth-order valence-corrected chi connectivity index (χ4v) is 2.98. The average Bonchev–Trinajstić information content (AvgIpc) is 3.11. The van der Waals surface area contributed by atoms with Crippen molar-refractivity contribution in [3.63, 3.8) is 0 Å². The number of fused-ring (bicyclic) bond motifs is 1. The number of benzene rings is 3. The summed E-state index contributed by atoms with van der Waals surface area (Å²) in [6.07, 6.45) is -0.101. The summed E-state index contributed by atoms with van der Waals surface area (Å²) in [5.74, 6) is -0.0652. The van der Waals surface area contributed by atoms with Gasteiger partial charge in [0.2, 0.25) is 5.91 Å². The molecule has 0 saturated carbocycles. The molecule has 1 aromatic heterocycles. The Morgan fingerprint density at radius 3 is 2.31 bits per heavy atom. The van der Waals surface area contributed by atoms with Crippen molar-refractivity contribution in [3.05, 3.63) is 96.1 Å². The van der Waals surface area contributed by atoms with Crippen LogP contribution in [0, 0.1) is 0 Å². The number of amides is 1. The van der Waals surface area contributed by atoms with Crippen molar-refractivity contribution in [1.82, 2.24) is 20.3 Å². The molecule has 0 bridgehead atoms. The van der Waals surface area contributed by atoms with E-state index in [1.54, 1.807) is 4.68 Å². The molecular weight excluding hydrogens is 324 g/mol. The van der Waals surface area contributed by atoms with E-state index in [1.165, 1.54) is 0 Å². The van der Waals surface area contributed by atoms with Crippen molar-refractivity contribution in [2.24, 2.45) is 0 Å². The lowest BCUT2D eigenvalue weighted by molar-refractivity contribution is -0.121. The molecule has 4 rings (SSSR count). The smallest absolute Gasteiger partial charge is 0.226 e. The molecule has 128 valence electrons. The normalized spacial score (nSPS) is 12.0. The minimum atomic E-state index is -0.417. The Morgan fingerprint density at radius 1 is 0.885 bits per heavy atom. The van der Waals surface area contributed by atoms with Crippen LogP contribution in [0.1, 0.15) is 17.3 Å². The zero-order chi connectivity index (χ0) is 17.8. The molecule has 0 aliphatic rings. The van der Waals surface area contributed by atoms with Crippen LogP contribution in [0.5, 0.6) is 0 Å². The number of carbonyl (C=O) groups is 1. The Labute approximate surface area is 151 Å². The maximum absolute atomic E-state index is 12.7. The third kappa shape index (κ3) is 3.32. The Bertz CT molecular complexity index is 1010. The summed E-state index contributed by atoms with van der Waals surface area (Å²) in [6, 6.07) is 27.2. The van der Waals surface area contributed by atoms with Gasteiger partial charge in [-0.1, -0.05) is 78.0 Å². The van der Waals surface area contributed by atoms with Crippen LogP contribution >= 0.6 is 0 Å². The highest BCUT2D eigenvalue weighted by Crippen LogP contribution is 2.20. The summed E-state index contributed by atoms with van der Waals surface area (Å²) in [4.78, 5) is 12.7. The highest BCUT2D eigenvalue weighted by atomic mass is 16.1. The molecule has 5 nitrogen and oxygen atoms in total. The first-order chi connectivity index (χ1) is 12.8. The summed E-state index contributed by atoms with van der Waals surface area (Å²) in [5.41, 5.74) is 3.59. The molecule has 26 heavy (non-hydrogen) atoms. The molecule has 0 fully saturated rings. The van der Waals surface area contributed by atoms with E-state index in [4.69, 9.17) is 0 Å². The summed E-state index contributed by atoms with van der Waals surface area (Å²) < 4.78 is 1.76. The van der Waals surface area contributed by atoms with Crippen LogP contribution in [0.25, 0.3) is 11.0 Å². The van der Waals surface area contributed by atoms with E-state index in [0.29, 0.717) is 6.42 Å². The Hall–Kier alpha value is -3.47. The fraction of sp³-hybridized carbons (Fsp3) is 0.0952. The van der Waals surface area contributed by atoms with Crippen molar-refractivity contribution in [2.45, 2.75) is 12.6 Å². The fourth-order valence-electron chi connectivity index (χ4n) is 2.98. The maximum Gasteiger partial charge on any atom is 0.226 e. The van der Waals surface area contributed by atoms with E-state index < -0.39 is 6.17 Å². The molecule has 5 heteroatoms. The lowest BCUT2D eigenvalue weighted by Gasteiger charge is -2.20. The summed E-state index contributed by atoms with van der Waals surface area (Å²) in [5, 5.41) is 11.6. The van der Waals surface area contributed by atoms with Crippen LogP contribution < -0.4 is 5.32 Å². The number of aromatic nitrogens is 3. The molecule has 0 aliphatic carbocycles. The van der Waals surface area contributed by atoms with E-state index in [0.717, 1.165) is 22.2 Å². The lowest BCUT2D eigenvalue weighted by Crippen LogP contribution is -2.34. The Morgan fingerprint density at radius 2 is 1.54 bits per heavy atom. The number of rotatable bonds is 5. The molecule has 4 aromatic rings. The van der Waals surface area contributed by atoms with Crippen molar-refractivity contribution >= 4 is 16.9 Å². The molecule has 1 N–H and O–H groups in total. The number of hydrogen-bond donors (Lipinski definition) is 1. The Kier molecular flexibility index (Phi) is 4.43. The first kappa shape index (κ1) is 16.0. The zero-order valence-electron chi connectivity index (χ0n) is 14.1. The van der Waals surface area contributed by atoms with E-state index in [2.05, 4.69) is 15.6 Å². The monoisotopic (exact) mass is 342 g/mol. The molecule has 3 aromatic carbocycles. The van der Waals surface area contributed by atoms with Gasteiger partial charge in [-0.15, -0.1) is 5.10 Å². The first-order valence-electron chi connectivity index (χ1n) is 8.49. The Balaban J connectivity index is 1.67. The standard InChI is InChI=1S/C21H18N4O/c26-20(15-16-9-3-1-4-10-16)22-21(17-11-5-2-6-12-17)25-19-14-8-7-13-18(19)23-24-25/h1-14,21H,15H2,(H,22,26). The molecular formula is C21H18N4O. The van der Waals surface area contributed by atoms with Crippen LogP contribution in [0.15, 0.2) is 84.9 Å². The van der Waals surface area contributed by atoms with Crippen molar-refractivity contribution in [1.29, 1.82) is 0 Å². The second-order valence-corrected chi connectivity index (χ2v) is 6.07. The van der Waals surface area contributed by atoms with Gasteiger partial charge in [-0.25, -0.2) is 4.68 Å². The molecule has 0 saturated heterocycles. The second kappa shape index (κ2) is 7.19. The first-order valence-corrected chi connectivity index (χ1v) is 8.49. The third-order valence-corrected chi connectivity index (χ3v) is 4.24. The van der Waals surface area contributed by atoms with Crippen LogP contribution in [0.3, 0.4) is 0 Å². The summed E-state index contributed by atoms with van der Waals surface area (Å²) in [6.45, 7) is 0. The number of carbonyl (C=O) groups excluding carboxylic acids is 1. The van der Waals surface area contributed by atoms with Gasteiger partial charge in [-0.05, 0) is 23.3 Å². The van der Waals surface area contributed by atoms with E-state index in [1.807, 2.05) is 84.9 Å². The topological polar surface area (TPSA) is 59.8 Å². The van der Waals surface area contributed by atoms with Gasteiger partial charge in [0.25, 0.3) is 0 Å². The largest absolute Gasteiger partial charge is 0.330 e. The highest BCUT2D eigenvalue weighted by molar-refractivity contribution is 5.79. The summed E-state index contributed by atoms with van der Waals surface area (Å²) in [7, 11) is 0. The van der Waals surface area contributed by atoms with Gasteiger partial charge in [-0.2, -0.15) is 0 Å². The van der Waals surface area contributed by atoms with Crippen LogP contribution in [-0.4, -0.2) is 20.9 Å². The predicted octanol–water partition coefficient (Wildman–Crippen LogP) is 3.34. The zero-order valence-corrected chi connectivity index (χ0v) is 14.1. The minimum Gasteiger partial charge on any atom is -0.330 e. The minimum absolute atomic E-state index is 0.0652.